The summed E-state index contributed by atoms with van der Waals surface area (Å²) in [6.07, 6.45) is 1.59. The lowest BCUT2D eigenvalue weighted by Gasteiger charge is -2.16. The number of hydrogen-bond acceptors (Lipinski definition) is 3. The third-order valence-corrected chi connectivity index (χ3v) is 2.80. The number of amides is 1. The van der Waals surface area contributed by atoms with E-state index < -0.39 is 0 Å². The van der Waals surface area contributed by atoms with Crippen LogP contribution in [0.4, 0.5) is 5.69 Å². The van der Waals surface area contributed by atoms with Crippen molar-refractivity contribution in [3.63, 3.8) is 0 Å². The highest BCUT2D eigenvalue weighted by Crippen LogP contribution is 2.31. The van der Waals surface area contributed by atoms with Gasteiger partial charge in [-0.15, -0.1) is 10.2 Å². The van der Waals surface area contributed by atoms with E-state index in [1.165, 1.54) is 0 Å². The van der Waals surface area contributed by atoms with Crippen molar-refractivity contribution < 1.29 is 4.79 Å². The number of carbonyl (C=O) groups is 1. The van der Waals surface area contributed by atoms with Gasteiger partial charge in [0.15, 0.2) is 5.82 Å². The lowest BCUT2D eigenvalue weighted by Crippen LogP contribution is -2.28. The van der Waals surface area contributed by atoms with E-state index in [1.54, 1.807) is 22.8 Å². The van der Waals surface area contributed by atoms with Crippen LogP contribution in [0.1, 0.15) is 0 Å². The molecule has 0 aliphatic carbocycles. The molecular weight excluding hydrogens is 204 g/mol. The van der Waals surface area contributed by atoms with E-state index in [0.717, 1.165) is 17.1 Å². The molecule has 1 aliphatic heterocycles. The molecule has 5 heteroatoms. The first-order chi connectivity index (χ1) is 7.77. The number of nitrogens with zero attached hydrogens (tertiary/aromatic N) is 4. The second-order valence-corrected chi connectivity index (χ2v) is 3.75. The van der Waals surface area contributed by atoms with Crippen molar-refractivity contribution in [2.45, 2.75) is 6.54 Å². The highest BCUT2D eigenvalue weighted by molar-refractivity contribution is 5.98. The molecule has 5 nitrogen and oxygen atoms in total. The number of carbonyl (C=O) groups excluding carboxylic acids is 1. The molecule has 0 spiro atoms. The van der Waals surface area contributed by atoms with Crippen LogP contribution in [0.3, 0.4) is 0 Å². The van der Waals surface area contributed by atoms with Crippen LogP contribution in [0, 0.1) is 0 Å². The fourth-order valence-corrected chi connectivity index (χ4v) is 1.92. The molecule has 0 radical (unpaired) electrons. The molecule has 1 amide bonds. The Morgan fingerprint density at radius 3 is 3.00 bits per heavy atom. The predicted molar refractivity (Wildman–Crippen MR) is 58.9 cm³/mol. The molecule has 0 N–H and O–H groups in total. The van der Waals surface area contributed by atoms with Crippen molar-refractivity contribution in [2.24, 2.45) is 0 Å². The van der Waals surface area contributed by atoms with Crippen molar-refractivity contribution in [1.82, 2.24) is 14.8 Å². The van der Waals surface area contributed by atoms with Crippen LogP contribution >= 0.6 is 0 Å². The Kier molecular flexibility index (Phi) is 1.80. The summed E-state index contributed by atoms with van der Waals surface area (Å²) in [5, 5.41) is 7.91. The average Bonchev–Trinajstić information content (AvgIpc) is 2.72. The van der Waals surface area contributed by atoms with Crippen molar-refractivity contribution >= 4 is 11.6 Å². The van der Waals surface area contributed by atoms with Gasteiger partial charge in [-0.2, -0.15) is 0 Å². The highest BCUT2D eigenvalue weighted by atomic mass is 16.2. The zero-order chi connectivity index (χ0) is 11.1. The van der Waals surface area contributed by atoms with Crippen molar-refractivity contribution in [3.8, 4) is 11.4 Å². The van der Waals surface area contributed by atoms with E-state index in [4.69, 9.17) is 0 Å². The van der Waals surface area contributed by atoms with Crippen LogP contribution in [0.5, 0.6) is 0 Å². The second kappa shape index (κ2) is 3.16. The molecule has 3 rings (SSSR count). The molecule has 1 aromatic carbocycles. The lowest BCUT2D eigenvalue weighted by atomic mass is 10.1. The summed E-state index contributed by atoms with van der Waals surface area (Å²) in [7, 11) is 1.78. The van der Waals surface area contributed by atoms with Gasteiger partial charge in [0.2, 0.25) is 5.91 Å². The minimum absolute atomic E-state index is 0.0333. The average molecular weight is 214 g/mol. The fraction of sp³-hybridized carbons (Fsp3) is 0.182. The molecule has 0 saturated heterocycles. The van der Waals surface area contributed by atoms with Gasteiger partial charge in [0.25, 0.3) is 0 Å². The van der Waals surface area contributed by atoms with E-state index in [2.05, 4.69) is 10.2 Å². The Morgan fingerprint density at radius 1 is 1.31 bits per heavy atom. The summed E-state index contributed by atoms with van der Waals surface area (Å²) in [5.41, 5.74) is 1.81. The first-order valence-corrected chi connectivity index (χ1v) is 5.01. The quantitative estimate of drug-likeness (QED) is 0.655. The van der Waals surface area contributed by atoms with E-state index in [9.17, 15) is 4.79 Å². The number of benzene rings is 1. The van der Waals surface area contributed by atoms with Gasteiger partial charge in [0, 0.05) is 12.6 Å². The summed E-state index contributed by atoms with van der Waals surface area (Å²) in [6, 6.07) is 7.71. The molecule has 2 heterocycles. The summed E-state index contributed by atoms with van der Waals surface area (Å²) in [4.78, 5) is 13.5. The normalized spacial score (nSPS) is 14.3. The first kappa shape index (κ1) is 9.08. The Hall–Kier alpha value is -2.17. The minimum Gasteiger partial charge on any atom is -0.313 e. The van der Waals surface area contributed by atoms with Gasteiger partial charge in [-0.3, -0.25) is 4.79 Å². The molecule has 0 bridgehead atoms. The van der Waals surface area contributed by atoms with Crippen LogP contribution in [0.2, 0.25) is 0 Å². The van der Waals surface area contributed by atoms with Crippen LogP contribution in [0.25, 0.3) is 11.4 Å². The molecule has 1 aromatic heterocycles. The summed E-state index contributed by atoms with van der Waals surface area (Å²) in [6.45, 7) is 0.285. The predicted octanol–water partition coefficient (Wildman–Crippen LogP) is 0.921. The molecule has 2 aromatic rings. The number of para-hydroxylation sites is 1. The van der Waals surface area contributed by atoms with Crippen molar-refractivity contribution in [2.75, 3.05) is 11.9 Å². The maximum absolute atomic E-state index is 11.9. The van der Waals surface area contributed by atoms with Crippen LogP contribution < -0.4 is 4.90 Å². The smallest absolute Gasteiger partial charge is 0.246 e. The molecule has 0 saturated carbocycles. The van der Waals surface area contributed by atoms with Gasteiger partial charge in [-0.1, -0.05) is 12.1 Å². The maximum atomic E-state index is 11.9. The monoisotopic (exact) mass is 214 g/mol. The third kappa shape index (κ3) is 1.14. The SMILES string of the molecule is CN1C(=O)Cn2cnnc2-c2ccccc21. The number of anilines is 1. The first-order valence-electron chi connectivity index (χ1n) is 5.01. The Bertz CT molecular complexity index is 561. The van der Waals surface area contributed by atoms with Crippen molar-refractivity contribution in [3.05, 3.63) is 30.6 Å². The van der Waals surface area contributed by atoms with Gasteiger partial charge in [0.1, 0.15) is 12.9 Å². The number of hydrogen-bond donors (Lipinski definition) is 0. The van der Waals surface area contributed by atoms with Crippen LogP contribution in [-0.4, -0.2) is 27.7 Å². The number of likely N-dealkylation sites (N-methyl/N-ethyl adjacent to an activating group) is 1. The largest absolute Gasteiger partial charge is 0.313 e. The highest BCUT2D eigenvalue weighted by Gasteiger charge is 2.23. The Balaban J connectivity index is 2.32. The van der Waals surface area contributed by atoms with Crippen LogP contribution in [-0.2, 0) is 11.3 Å². The van der Waals surface area contributed by atoms with E-state index >= 15 is 0 Å². The van der Waals surface area contributed by atoms with E-state index in [0.29, 0.717) is 0 Å². The van der Waals surface area contributed by atoms with E-state index in [-0.39, 0.29) is 12.5 Å². The molecule has 0 unspecified atom stereocenters. The number of fused-ring (bicyclic) bond motifs is 3. The third-order valence-electron chi connectivity index (χ3n) is 2.80. The zero-order valence-corrected chi connectivity index (χ0v) is 8.79. The molecule has 0 fully saturated rings. The molecular formula is C11H10N4O. The topological polar surface area (TPSA) is 51.0 Å². The van der Waals surface area contributed by atoms with Crippen LogP contribution in [0.15, 0.2) is 30.6 Å². The number of aromatic nitrogens is 3. The molecule has 1 aliphatic rings. The summed E-state index contributed by atoms with van der Waals surface area (Å²) in [5.74, 6) is 0.777. The summed E-state index contributed by atoms with van der Waals surface area (Å²) >= 11 is 0. The summed E-state index contributed by atoms with van der Waals surface area (Å²) < 4.78 is 1.77. The van der Waals surface area contributed by atoms with Crippen molar-refractivity contribution in [1.29, 1.82) is 0 Å². The maximum Gasteiger partial charge on any atom is 0.246 e. The standard InChI is InChI=1S/C11H10N4O/c1-14-9-5-3-2-4-8(9)11-13-12-7-15(11)6-10(14)16/h2-5,7H,6H2,1H3. The number of rotatable bonds is 0. The van der Waals surface area contributed by atoms with Gasteiger partial charge >= 0.3 is 0 Å². The zero-order valence-electron chi connectivity index (χ0n) is 8.79. The minimum atomic E-state index is 0.0333. The fourth-order valence-electron chi connectivity index (χ4n) is 1.92. The molecule has 16 heavy (non-hydrogen) atoms. The molecule has 0 atom stereocenters. The van der Waals surface area contributed by atoms with Gasteiger partial charge in [-0.05, 0) is 12.1 Å². The van der Waals surface area contributed by atoms with Gasteiger partial charge in [-0.25, -0.2) is 0 Å². The molecule has 80 valence electrons. The second-order valence-electron chi connectivity index (χ2n) is 3.75. The van der Waals surface area contributed by atoms with E-state index in [1.807, 2.05) is 24.3 Å². The van der Waals surface area contributed by atoms with Gasteiger partial charge < -0.3 is 9.47 Å². The van der Waals surface area contributed by atoms with Gasteiger partial charge in [0.05, 0.1) is 5.69 Å². The lowest BCUT2D eigenvalue weighted by molar-refractivity contribution is -0.118. The Morgan fingerprint density at radius 2 is 2.12 bits per heavy atom. The Labute approximate surface area is 92.3 Å².